The molecule has 0 radical (unpaired) electrons. The largest absolute Gasteiger partial charge is 0.464 e. The molecule has 0 bridgehead atoms. The highest BCUT2D eigenvalue weighted by atomic mass is 16.5. The van der Waals surface area contributed by atoms with Crippen molar-refractivity contribution in [2.24, 2.45) is 0 Å². The highest BCUT2D eigenvalue weighted by molar-refractivity contribution is 5.89. The second kappa shape index (κ2) is 5.13. The van der Waals surface area contributed by atoms with E-state index in [-0.39, 0.29) is 5.97 Å². The molecule has 6 nitrogen and oxygen atoms in total. The van der Waals surface area contributed by atoms with Crippen LogP contribution in [-0.2, 0) is 17.7 Å². The summed E-state index contributed by atoms with van der Waals surface area (Å²) in [6.07, 6.45) is 3.16. The number of hydrogen-bond donors (Lipinski definition) is 1. The summed E-state index contributed by atoms with van der Waals surface area (Å²) in [5.74, 6) is 0.307. The van der Waals surface area contributed by atoms with Crippen LogP contribution in [0.3, 0.4) is 0 Å². The normalized spacial score (nSPS) is 18.3. The number of nitrogens with one attached hydrogen (secondary N) is 1. The van der Waals surface area contributed by atoms with Crippen molar-refractivity contribution < 1.29 is 9.53 Å². The summed E-state index contributed by atoms with van der Waals surface area (Å²) in [5.41, 5.74) is 2.29. The first kappa shape index (κ1) is 12.3. The molecule has 0 aromatic carbocycles. The van der Waals surface area contributed by atoms with Crippen LogP contribution in [0.4, 0.5) is 5.95 Å². The fraction of sp³-hybridized carbons (Fsp3) is 0.615. The second-order valence-corrected chi connectivity index (χ2v) is 4.91. The molecule has 0 spiro atoms. The number of ether oxygens (including phenoxy) is 1. The third-order valence-corrected chi connectivity index (χ3v) is 3.69. The quantitative estimate of drug-likeness (QED) is 0.783. The zero-order valence-corrected chi connectivity index (χ0v) is 11.1. The molecule has 6 heteroatoms. The lowest BCUT2D eigenvalue weighted by Crippen LogP contribution is -2.30. The van der Waals surface area contributed by atoms with Crippen molar-refractivity contribution in [2.75, 3.05) is 31.6 Å². The molecular weight excluding hydrogens is 244 g/mol. The van der Waals surface area contributed by atoms with Crippen molar-refractivity contribution in [3.63, 3.8) is 0 Å². The molecule has 1 aromatic heterocycles. The summed E-state index contributed by atoms with van der Waals surface area (Å²) >= 11 is 0. The maximum Gasteiger partial charge on any atom is 0.357 e. The average Bonchev–Trinajstić information content (AvgIpc) is 2.99. The lowest BCUT2D eigenvalue weighted by Gasteiger charge is -2.22. The number of esters is 1. The first-order valence-corrected chi connectivity index (χ1v) is 6.73. The minimum absolute atomic E-state index is 0.372. The summed E-state index contributed by atoms with van der Waals surface area (Å²) < 4.78 is 4.84. The van der Waals surface area contributed by atoms with Crippen LogP contribution in [0.5, 0.6) is 0 Å². The number of carbonyl (C=O) groups is 1. The molecular formula is C13H18N4O2. The van der Waals surface area contributed by atoms with E-state index in [4.69, 9.17) is 4.74 Å². The Labute approximate surface area is 112 Å². The minimum atomic E-state index is -0.372. The van der Waals surface area contributed by atoms with E-state index in [9.17, 15) is 4.79 Å². The van der Waals surface area contributed by atoms with Gasteiger partial charge in [0.05, 0.1) is 12.8 Å². The molecule has 1 aromatic rings. The molecule has 102 valence electrons. The van der Waals surface area contributed by atoms with Gasteiger partial charge in [-0.1, -0.05) is 0 Å². The van der Waals surface area contributed by atoms with Gasteiger partial charge in [-0.15, -0.1) is 0 Å². The van der Waals surface area contributed by atoms with Crippen LogP contribution < -0.4 is 10.2 Å². The zero-order valence-electron chi connectivity index (χ0n) is 11.1. The standard InChI is InChI=1S/C13H18N4O2/c1-19-12(18)11-9-8-14-5-4-10(9)15-13(16-11)17-6-2-3-7-17/h14H,2-8H2,1H3. The van der Waals surface area contributed by atoms with Crippen LogP contribution in [-0.4, -0.2) is 42.7 Å². The smallest absolute Gasteiger partial charge is 0.357 e. The molecule has 0 atom stereocenters. The molecule has 1 fully saturated rings. The van der Waals surface area contributed by atoms with Crippen LogP contribution in [0, 0.1) is 0 Å². The van der Waals surface area contributed by atoms with Crippen molar-refractivity contribution in [1.82, 2.24) is 15.3 Å². The van der Waals surface area contributed by atoms with Crippen molar-refractivity contribution in [1.29, 1.82) is 0 Å². The second-order valence-electron chi connectivity index (χ2n) is 4.91. The Bertz CT molecular complexity index is 498. The number of methoxy groups -OCH3 is 1. The number of fused-ring (bicyclic) bond motifs is 1. The Balaban J connectivity index is 2.04. The van der Waals surface area contributed by atoms with Gasteiger partial charge in [0.15, 0.2) is 5.69 Å². The van der Waals surface area contributed by atoms with Crippen molar-refractivity contribution in [3.05, 3.63) is 17.0 Å². The number of rotatable bonds is 2. The van der Waals surface area contributed by atoms with E-state index in [2.05, 4.69) is 20.2 Å². The van der Waals surface area contributed by atoms with Crippen LogP contribution in [0.1, 0.15) is 34.6 Å². The number of aromatic nitrogens is 2. The number of nitrogens with zero attached hydrogens (tertiary/aromatic N) is 3. The molecule has 2 aliphatic heterocycles. The van der Waals surface area contributed by atoms with Gasteiger partial charge in [-0.3, -0.25) is 0 Å². The maximum absolute atomic E-state index is 11.9. The Morgan fingerprint density at radius 3 is 2.84 bits per heavy atom. The predicted octanol–water partition coefficient (Wildman–Crippen LogP) is 0.509. The van der Waals surface area contributed by atoms with E-state index in [1.807, 2.05) is 0 Å². The third kappa shape index (κ3) is 2.28. The Kier molecular flexibility index (Phi) is 3.33. The van der Waals surface area contributed by atoms with Crippen LogP contribution in [0.25, 0.3) is 0 Å². The number of anilines is 1. The van der Waals surface area contributed by atoms with Gasteiger partial charge < -0.3 is 15.0 Å². The van der Waals surface area contributed by atoms with Crippen molar-refractivity contribution in [2.45, 2.75) is 25.8 Å². The first-order chi connectivity index (χ1) is 9.29. The number of hydrogen-bond acceptors (Lipinski definition) is 6. The van der Waals surface area contributed by atoms with E-state index in [0.717, 1.165) is 50.2 Å². The monoisotopic (exact) mass is 262 g/mol. The molecule has 1 N–H and O–H groups in total. The molecule has 1 saturated heterocycles. The van der Waals surface area contributed by atoms with E-state index < -0.39 is 0 Å². The molecule has 19 heavy (non-hydrogen) atoms. The molecule has 0 amide bonds. The fourth-order valence-corrected chi connectivity index (χ4v) is 2.65. The van der Waals surface area contributed by atoms with Gasteiger partial charge in [0.2, 0.25) is 5.95 Å². The minimum Gasteiger partial charge on any atom is -0.464 e. The Hall–Kier alpha value is -1.69. The summed E-state index contributed by atoms with van der Waals surface area (Å²) in [6, 6.07) is 0. The molecule has 0 aliphatic carbocycles. The molecule has 3 rings (SSSR count). The zero-order chi connectivity index (χ0) is 13.2. The summed E-state index contributed by atoms with van der Waals surface area (Å²) in [4.78, 5) is 23.1. The molecule has 0 saturated carbocycles. The predicted molar refractivity (Wildman–Crippen MR) is 70.2 cm³/mol. The highest BCUT2D eigenvalue weighted by Gasteiger charge is 2.25. The van der Waals surface area contributed by atoms with Gasteiger partial charge in [0.25, 0.3) is 0 Å². The lowest BCUT2D eigenvalue weighted by atomic mass is 10.1. The van der Waals surface area contributed by atoms with E-state index in [1.165, 1.54) is 7.11 Å². The van der Waals surface area contributed by atoms with Crippen LogP contribution in [0.15, 0.2) is 0 Å². The average molecular weight is 262 g/mol. The third-order valence-electron chi connectivity index (χ3n) is 3.69. The van der Waals surface area contributed by atoms with E-state index in [0.29, 0.717) is 18.2 Å². The van der Waals surface area contributed by atoms with E-state index in [1.54, 1.807) is 0 Å². The Morgan fingerprint density at radius 2 is 2.11 bits per heavy atom. The van der Waals surface area contributed by atoms with Crippen molar-refractivity contribution in [3.8, 4) is 0 Å². The van der Waals surface area contributed by atoms with Gasteiger partial charge in [-0.2, -0.15) is 0 Å². The van der Waals surface area contributed by atoms with Gasteiger partial charge >= 0.3 is 5.97 Å². The van der Waals surface area contributed by atoms with Gasteiger partial charge in [-0.05, 0) is 12.8 Å². The van der Waals surface area contributed by atoms with E-state index >= 15 is 0 Å². The van der Waals surface area contributed by atoms with Gasteiger partial charge in [-0.25, -0.2) is 14.8 Å². The van der Waals surface area contributed by atoms with Crippen molar-refractivity contribution >= 4 is 11.9 Å². The fourth-order valence-electron chi connectivity index (χ4n) is 2.65. The lowest BCUT2D eigenvalue weighted by molar-refractivity contribution is 0.0592. The highest BCUT2D eigenvalue weighted by Crippen LogP contribution is 2.22. The van der Waals surface area contributed by atoms with Crippen LogP contribution in [0.2, 0.25) is 0 Å². The van der Waals surface area contributed by atoms with Crippen LogP contribution >= 0.6 is 0 Å². The molecule has 0 unspecified atom stereocenters. The molecule has 2 aliphatic rings. The number of carbonyl (C=O) groups excluding carboxylic acids is 1. The summed E-state index contributed by atoms with van der Waals surface area (Å²) in [6.45, 7) is 3.47. The maximum atomic E-state index is 11.9. The summed E-state index contributed by atoms with van der Waals surface area (Å²) in [7, 11) is 1.39. The van der Waals surface area contributed by atoms with Gasteiger partial charge in [0.1, 0.15) is 0 Å². The molecule has 3 heterocycles. The first-order valence-electron chi connectivity index (χ1n) is 6.73. The topological polar surface area (TPSA) is 67.3 Å². The Morgan fingerprint density at radius 1 is 1.32 bits per heavy atom. The summed E-state index contributed by atoms with van der Waals surface area (Å²) in [5, 5.41) is 3.25. The van der Waals surface area contributed by atoms with Gasteiger partial charge in [0, 0.05) is 38.2 Å². The SMILES string of the molecule is COC(=O)c1nc(N2CCCC2)nc2c1CNCC2.